The third-order valence-electron chi connectivity index (χ3n) is 5.37. The predicted octanol–water partition coefficient (Wildman–Crippen LogP) is 6.14. The van der Waals surface area contributed by atoms with Crippen molar-refractivity contribution in [3.63, 3.8) is 0 Å². The van der Waals surface area contributed by atoms with E-state index in [9.17, 15) is 13.2 Å². The monoisotopic (exact) mass is 404 g/mol. The Balaban J connectivity index is 2.13. The molecule has 0 atom stereocenters. The Morgan fingerprint density at radius 2 is 1.69 bits per heavy atom. The highest BCUT2D eigenvalue weighted by Crippen LogP contribution is 2.31. The Bertz CT molecular complexity index is 1020. The fourth-order valence-corrected chi connectivity index (χ4v) is 3.82. The quantitative estimate of drug-likeness (QED) is 0.496. The molecule has 2 heterocycles. The average molecular weight is 404 g/mol. The van der Waals surface area contributed by atoms with Gasteiger partial charge in [0.1, 0.15) is 5.52 Å². The zero-order valence-electron chi connectivity index (χ0n) is 17.6. The van der Waals surface area contributed by atoms with E-state index in [1.165, 1.54) is 6.07 Å². The van der Waals surface area contributed by atoms with Gasteiger partial charge in [0.05, 0.1) is 29.5 Å². The summed E-state index contributed by atoms with van der Waals surface area (Å²) in [5, 5.41) is 4.67. The maximum absolute atomic E-state index is 12.8. The van der Waals surface area contributed by atoms with Crippen LogP contribution in [0.25, 0.3) is 22.4 Å². The number of rotatable bonds is 6. The minimum absolute atomic E-state index is 0.263. The molecule has 0 saturated heterocycles. The van der Waals surface area contributed by atoms with Crippen molar-refractivity contribution in [2.75, 3.05) is 0 Å². The lowest BCUT2D eigenvalue weighted by Crippen LogP contribution is -2.12. The molecule has 29 heavy (non-hydrogen) atoms. The van der Waals surface area contributed by atoms with Gasteiger partial charge in [-0.15, -0.1) is 0 Å². The van der Waals surface area contributed by atoms with Crippen LogP contribution in [0.5, 0.6) is 0 Å². The molecule has 0 spiro atoms. The molecule has 3 aromatic rings. The molecule has 1 aromatic carbocycles. The van der Waals surface area contributed by atoms with Crippen molar-refractivity contribution < 1.29 is 13.2 Å². The first-order valence-electron chi connectivity index (χ1n) is 10.1. The SMILES string of the molecule is CCc1cc(CC(F)(F)F)ccc1-c1nc2c(C)nn(C(CC)CC)c2nc1C. The molecule has 0 saturated carbocycles. The molecule has 2 aromatic heterocycles. The second-order valence-corrected chi connectivity index (χ2v) is 7.47. The lowest BCUT2D eigenvalue weighted by molar-refractivity contribution is -0.127. The van der Waals surface area contributed by atoms with Crippen LogP contribution in [-0.2, 0) is 12.8 Å². The molecule has 0 aliphatic carbocycles. The van der Waals surface area contributed by atoms with Gasteiger partial charge in [0.15, 0.2) is 5.65 Å². The molecule has 0 amide bonds. The van der Waals surface area contributed by atoms with Gasteiger partial charge in [-0.05, 0) is 44.2 Å². The van der Waals surface area contributed by atoms with E-state index in [1.807, 2.05) is 25.5 Å². The van der Waals surface area contributed by atoms with Crippen LogP contribution >= 0.6 is 0 Å². The van der Waals surface area contributed by atoms with Crippen molar-refractivity contribution in [2.45, 2.75) is 72.5 Å². The molecule has 0 N–H and O–H groups in total. The number of alkyl halides is 3. The second kappa shape index (κ2) is 8.13. The van der Waals surface area contributed by atoms with E-state index in [2.05, 4.69) is 18.9 Å². The number of halogens is 3. The Kier molecular flexibility index (Phi) is 5.96. The van der Waals surface area contributed by atoms with Gasteiger partial charge in [0.25, 0.3) is 0 Å². The van der Waals surface area contributed by atoms with Crippen LogP contribution in [0.2, 0.25) is 0 Å². The number of fused-ring (bicyclic) bond motifs is 1. The fraction of sp³-hybridized carbons (Fsp3) is 0.500. The van der Waals surface area contributed by atoms with Crippen molar-refractivity contribution in [3.8, 4) is 11.3 Å². The van der Waals surface area contributed by atoms with Crippen LogP contribution in [0.15, 0.2) is 18.2 Å². The van der Waals surface area contributed by atoms with Gasteiger partial charge < -0.3 is 0 Å². The van der Waals surface area contributed by atoms with Crippen LogP contribution in [-0.4, -0.2) is 25.9 Å². The Labute approximate surface area is 169 Å². The van der Waals surface area contributed by atoms with E-state index < -0.39 is 12.6 Å². The molecule has 0 unspecified atom stereocenters. The highest BCUT2D eigenvalue weighted by atomic mass is 19.4. The summed E-state index contributed by atoms with van der Waals surface area (Å²) >= 11 is 0. The van der Waals surface area contributed by atoms with Gasteiger partial charge >= 0.3 is 6.18 Å². The van der Waals surface area contributed by atoms with Gasteiger partial charge in [-0.1, -0.05) is 39.0 Å². The maximum atomic E-state index is 12.8. The number of aromatic nitrogens is 4. The Morgan fingerprint density at radius 1 is 1.00 bits per heavy atom. The largest absolute Gasteiger partial charge is 0.393 e. The van der Waals surface area contributed by atoms with Crippen molar-refractivity contribution >= 4 is 11.2 Å². The molecule has 156 valence electrons. The topological polar surface area (TPSA) is 43.6 Å². The van der Waals surface area contributed by atoms with E-state index >= 15 is 0 Å². The first-order valence-corrected chi connectivity index (χ1v) is 10.1. The number of benzene rings is 1. The van der Waals surface area contributed by atoms with Gasteiger partial charge in [-0.2, -0.15) is 18.3 Å². The van der Waals surface area contributed by atoms with Crippen molar-refractivity contribution in [2.24, 2.45) is 0 Å². The van der Waals surface area contributed by atoms with Crippen molar-refractivity contribution in [3.05, 3.63) is 40.7 Å². The number of hydrogen-bond donors (Lipinski definition) is 0. The van der Waals surface area contributed by atoms with Crippen LogP contribution in [0.4, 0.5) is 13.2 Å². The van der Waals surface area contributed by atoms with E-state index in [-0.39, 0.29) is 11.6 Å². The third-order valence-corrected chi connectivity index (χ3v) is 5.37. The minimum Gasteiger partial charge on any atom is -0.243 e. The predicted molar refractivity (Wildman–Crippen MR) is 109 cm³/mol. The lowest BCUT2D eigenvalue weighted by atomic mass is 9.97. The number of aryl methyl sites for hydroxylation is 3. The zero-order valence-corrected chi connectivity index (χ0v) is 17.6. The first-order chi connectivity index (χ1) is 13.7. The summed E-state index contributed by atoms with van der Waals surface area (Å²) in [6.45, 7) is 10.0. The number of nitrogens with zero attached hydrogens (tertiary/aromatic N) is 4. The summed E-state index contributed by atoms with van der Waals surface area (Å²) in [6.07, 6.45) is -2.62. The average Bonchev–Trinajstić information content (AvgIpc) is 2.96. The summed E-state index contributed by atoms with van der Waals surface area (Å²) in [5.41, 5.74) is 5.73. The first kappa shape index (κ1) is 21.3. The molecular weight excluding hydrogens is 377 g/mol. The molecule has 0 aliphatic heterocycles. The molecule has 7 heteroatoms. The maximum Gasteiger partial charge on any atom is 0.393 e. The molecular formula is C22H27F3N4. The van der Waals surface area contributed by atoms with E-state index in [0.29, 0.717) is 12.1 Å². The van der Waals surface area contributed by atoms with Gasteiger partial charge in [-0.25, -0.2) is 14.6 Å². The molecule has 0 bridgehead atoms. The Hall–Kier alpha value is -2.44. The molecule has 0 aliphatic rings. The second-order valence-electron chi connectivity index (χ2n) is 7.47. The van der Waals surface area contributed by atoms with Gasteiger partial charge in [0, 0.05) is 5.56 Å². The van der Waals surface area contributed by atoms with Crippen LogP contribution in [0.3, 0.4) is 0 Å². The fourth-order valence-electron chi connectivity index (χ4n) is 3.82. The highest BCUT2D eigenvalue weighted by Gasteiger charge is 2.28. The van der Waals surface area contributed by atoms with Crippen LogP contribution < -0.4 is 0 Å². The summed E-state index contributed by atoms with van der Waals surface area (Å²) in [7, 11) is 0. The third kappa shape index (κ3) is 4.28. The Morgan fingerprint density at radius 3 is 2.28 bits per heavy atom. The number of hydrogen-bond acceptors (Lipinski definition) is 3. The molecule has 4 nitrogen and oxygen atoms in total. The zero-order chi connectivity index (χ0) is 21.3. The van der Waals surface area contributed by atoms with E-state index in [0.717, 1.165) is 46.5 Å². The molecule has 0 fully saturated rings. The molecule has 3 rings (SSSR count). The lowest BCUT2D eigenvalue weighted by Gasteiger charge is -2.15. The summed E-state index contributed by atoms with van der Waals surface area (Å²) < 4.78 is 40.3. The minimum atomic E-state index is -4.22. The van der Waals surface area contributed by atoms with Gasteiger partial charge in [0.2, 0.25) is 0 Å². The van der Waals surface area contributed by atoms with E-state index in [1.54, 1.807) is 12.1 Å². The van der Waals surface area contributed by atoms with Crippen LogP contribution in [0.1, 0.15) is 62.2 Å². The van der Waals surface area contributed by atoms with Crippen LogP contribution in [0, 0.1) is 13.8 Å². The van der Waals surface area contributed by atoms with Crippen molar-refractivity contribution in [1.29, 1.82) is 0 Å². The summed E-state index contributed by atoms with van der Waals surface area (Å²) in [4.78, 5) is 9.67. The standard InChI is InChI=1S/C22H27F3N4/c1-6-16-11-15(12-22(23,24)25)9-10-18(16)19-13(4)26-21-20(27-19)14(5)28-29(21)17(7-2)8-3/h9-11,17H,6-8,12H2,1-5H3. The smallest absolute Gasteiger partial charge is 0.243 e. The summed E-state index contributed by atoms with van der Waals surface area (Å²) in [6, 6.07) is 5.17. The summed E-state index contributed by atoms with van der Waals surface area (Å²) in [5.74, 6) is 0. The van der Waals surface area contributed by atoms with E-state index in [4.69, 9.17) is 9.97 Å². The van der Waals surface area contributed by atoms with Gasteiger partial charge in [-0.3, -0.25) is 0 Å². The molecule has 0 radical (unpaired) electrons. The van der Waals surface area contributed by atoms with Crippen molar-refractivity contribution in [1.82, 2.24) is 19.7 Å². The highest BCUT2D eigenvalue weighted by molar-refractivity contribution is 5.79. The normalized spacial score (nSPS) is 12.3.